The highest BCUT2D eigenvalue weighted by Gasteiger charge is 2.34. The molecule has 2 aromatic carbocycles. The standard InChI is InChI=1S/C20H18FN3O3/c1-26-16-5-2-4-14(12-16)18-22-19(27-23-18)17-6-3-11-24(17)20(25)13-7-9-15(21)10-8-13/h2,4-5,7-10,12,17H,3,6,11H2,1H3/t17-/m1/s1. The predicted molar refractivity (Wildman–Crippen MR) is 95.7 cm³/mol. The van der Waals surface area contributed by atoms with Gasteiger partial charge in [0.1, 0.15) is 17.6 Å². The highest BCUT2D eigenvalue weighted by atomic mass is 19.1. The zero-order chi connectivity index (χ0) is 18.8. The van der Waals surface area contributed by atoms with E-state index in [-0.39, 0.29) is 17.8 Å². The molecule has 0 unspecified atom stereocenters. The lowest BCUT2D eigenvalue weighted by molar-refractivity contribution is 0.0710. The lowest BCUT2D eigenvalue weighted by Gasteiger charge is -2.21. The second-order valence-electron chi connectivity index (χ2n) is 6.35. The number of benzene rings is 2. The number of hydrogen-bond acceptors (Lipinski definition) is 5. The fourth-order valence-electron chi connectivity index (χ4n) is 3.27. The van der Waals surface area contributed by atoms with Gasteiger partial charge in [-0.1, -0.05) is 17.3 Å². The van der Waals surface area contributed by atoms with Gasteiger partial charge >= 0.3 is 0 Å². The number of methoxy groups -OCH3 is 1. The van der Waals surface area contributed by atoms with Crippen LogP contribution in [-0.2, 0) is 0 Å². The number of likely N-dealkylation sites (tertiary alicyclic amines) is 1. The van der Waals surface area contributed by atoms with Gasteiger partial charge in [-0.3, -0.25) is 4.79 Å². The number of amides is 1. The SMILES string of the molecule is COc1cccc(-c2noc([C@H]3CCCN3C(=O)c3ccc(F)cc3)n2)c1. The Balaban J connectivity index is 1.58. The summed E-state index contributed by atoms with van der Waals surface area (Å²) in [7, 11) is 1.60. The number of hydrogen-bond donors (Lipinski definition) is 0. The van der Waals surface area contributed by atoms with Crippen molar-refractivity contribution < 1.29 is 18.4 Å². The van der Waals surface area contributed by atoms with Crippen molar-refractivity contribution in [1.29, 1.82) is 0 Å². The number of nitrogens with zero attached hydrogens (tertiary/aromatic N) is 3. The quantitative estimate of drug-likeness (QED) is 0.700. The van der Waals surface area contributed by atoms with Crippen LogP contribution in [0.25, 0.3) is 11.4 Å². The Labute approximate surface area is 155 Å². The first kappa shape index (κ1) is 17.2. The third-order valence-corrected chi connectivity index (χ3v) is 4.66. The summed E-state index contributed by atoms with van der Waals surface area (Å²) in [5, 5.41) is 4.06. The fourth-order valence-corrected chi connectivity index (χ4v) is 3.27. The molecule has 1 saturated heterocycles. The van der Waals surface area contributed by atoms with Crippen molar-refractivity contribution in [1.82, 2.24) is 15.0 Å². The molecule has 0 aliphatic carbocycles. The zero-order valence-electron chi connectivity index (χ0n) is 14.8. The van der Waals surface area contributed by atoms with E-state index in [0.29, 0.717) is 29.6 Å². The smallest absolute Gasteiger partial charge is 0.254 e. The molecule has 0 spiro atoms. The molecule has 0 N–H and O–H groups in total. The van der Waals surface area contributed by atoms with E-state index in [0.717, 1.165) is 18.4 Å². The van der Waals surface area contributed by atoms with Crippen LogP contribution in [0.2, 0.25) is 0 Å². The molecule has 27 heavy (non-hydrogen) atoms. The molecule has 7 heteroatoms. The molecule has 1 aliphatic rings. The number of carbonyl (C=O) groups excluding carboxylic acids is 1. The second-order valence-corrected chi connectivity index (χ2v) is 6.35. The Morgan fingerprint density at radius 1 is 1.26 bits per heavy atom. The van der Waals surface area contributed by atoms with Crippen molar-refractivity contribution in [3.05, 3.63) is 65.8 Å². The van der Waals surface area contributed by atoms with Crippen molar-refractivity contribution in [2.45, 2.75) is 18.9 Å². The molecule has 138 valence electrons. The van der Waals surface area contributed by atoms with Crippen LogP contribution in [-0.4, -0.2) is 34.6 Å². The van der Waals surface area contributed by atoms with Crippen LogP contribution in [0.5, 0.6) is 5.75 Å². The number of ether oxygens (including phenoxy) is 1. The molecule has 6 nitrogen and oxygen atoms in total. The molecule has 1 fully saturated rings. The molecule has 4 rings (SSSR count). The lowest BCUT2D eigenvalue weighted by Crippen LogP contribution is -2.30. The first-order valence-corrected chi connectivity index (χ1v) is 8.70. The van der Waals surface area contributed by atoms with Crippen LogP contribution in [0.1, 0.15) is 35.1 Å². The summed E-state index contributed by atoms with van der Waals surface area (Å²) in [5.41, 5.74) is 1.22. The third-order valence-electron chi connectivity index (χ3n) is 4.66. The first-order valence-electron chi connectivity index (χ1n) is 8.70. The Hall–Kier alpha value is -3.22. The van der Waals surface area contributed by atoms with E-state index < -0.39 is 0 Å². The molecule has 0 saturated carbocycles. The van der Waals surface area contributed by atoms with Gasteiger partial charge in [0, 0.05) is 17.7 Å². The minimum absolute atomic E-state index is 0.168. The van der Waals surface area contributed by atoms with E-state index in [4.69, 9.17) is 9.26 Å². The van der Waals surface area contributed by atoms with Gasteiger partial charge in [-0.15, -0.1) is 0 Å². The molecule has 1 aliphatic heterocycles. The third kappa shape index (κ3) is 3.40. The average molecular weight is 367 g/mol. The molecule has 2 heterocycles. The predicted octanol–water partition coefficient (Wildman–Crippen LogP) is 3.86. The maximum Gasteiger partial charge on any atom is 0.254 e. The minimum Gasteiger partial charge on any atom is -0.497 e. The van der Waals surface area contributed by atoms with Crippen molar-refractivity contribution >= 4 is 5.91 Å². The molecule has 0 bridgehead atoms. The van der Waals surface area contributed by atoms with E-state index in [1.54, 1.807) is 12.0 Å². The van der Waals surface area contributed by atoms with Crippen LogP contribution in [0.3, 0.4) is 0 Å². The number of halogens is 1. The molecule has 1 amide bonds. The summed E-state index contributed by atoms with van der Waals surface area (Å²) >= 11 is 0. The number of carbonyl (C=O) groups is 1. The van der Waals surface area contributed by atoms with Crippen LogP contribution < -0.4 is 4.74 Å². The summed E-state index contributed by atoms with van der Waals surface area (Å²) in [5.74, 6) is 1.02. The maximum atomic E-state index is 13.1. The van der Waals surface area contributed by atoms with Crippen LogP contribution >= 0.6 is 0 Å². The van der Waals surface area contributed by atoms with E-state index in [9.17, 15) is 9.18 Å². The average Bonchev–Trinajstić information content (AvgIpc) is 3.37. The summed E-state index contributed by atoms with van der Waals surface area (Å²) in [6.07, 6.45) is 1.58. The van der Waals surface area contributed by atoms with Gasteiger partial charge in [-0.25, -0.2) is 4.39 Å². The maximum absolute atomic E-state index is 13.1. The molecular weight excluding hydrogens is 349 g/mol. The Morgan fingerprint density at radius 3 is 2.85 bits per heavy atom. The van der Waals surface area contributed by atoms with Gasteiger partial charge < -0.3 is 14.2 Å². The van der Waals surface area contributed by atoms with Crippen LogP contribution in [0, 0.1) is 5.82 Å². The lowest BCUT2D eigenvalue weighted by atomic mass is 10.1. The molecule has 1 aromatic heterocycles. The van der Waals surface area contributed by atoms with Gasteiger partial charge in [-0.05, 0) is 49.2 Å². The largest absolute Gasteiger partial charge is 0.497 e. The van der Waals surface area contributed by atoms with Crippen LogP contribution in [0.4, 0.5) is 4.39 Å². The molecule has 0 radical (unpaired) electrons. The van der Waals surface area contributed by atoms with Crippen molar-refractivity contribution in [3.63, 3.8) is 0 Å². The Kier molecular flexibility index (Phi) is 4.58. The topological polar surface area (TPSA) is 68.5 Å². The van der Waals surface area contributed by atoms with Gasteiger partial charge in [0.05, 0.1) is 7.11 Å². The number of aromatic nitrogens is 2. The fraction of sp³-hybridized carbons (Fsp3) is 0.250. The highest BCUT2D eigenvalue weighted by Crippen LogP contribution is 2.33. The van der Waals surface area contributed by atoms with Gasteiger partial charge in [0.2, 0.25) is 11.7 Å². The van der Waals surface area contributed by atoms with Crippen molar-refractivity contribution in [3.8, 4) is 17.1 Å². The highest BCUT2D eigenvalue weighted by molar-refractivity contribution is 5.94. The zero-order valence-corrected chi connectivity index (χ0v) is 14.8. The van der Waals surface area contributed by atoms with Crippen molar-refractivity contribution in [2.24, 2.45) is 0 Å². The van der Waals surface area contributed by atoms with E-state index in [1.807, 2.05) is 24.3 Å². The van der Waals surface area contributed by atoms with E-state index in [2.05, 4.69) is 10.1 Å². The Morgan fingerprint density at radius 2 is 2.07 bits per heavy atom. The van der Waals surface area contributed by atoms with Gasteiger partial charge in [0.15, 0.2) is 0 Å². The summed E-state index contributed by atoms with van der Waals surface area (Å²) in [6, 6.07) is 12.6. The molecule has 3 aromatic rings. The molecular formula is C20H18FN3O3. The normalized spacial score (nSPS) is 16.5. The van der Waals surface area contributed by atoms with Gasteiger partial charge in [-0.2, -0.15) is 4.98 Å². The van der Waals surface area contributed by atoms with Gasteiger partial charge in [0.25, 0.3) is 5.91 Å². The monoisotopic (exact) mass is 367 g/mol. The number of rotatable bonds is 4. The van der Waals surface area contributed by atoms with E-state index in [1.165, 1.54) is 24.3 Å². The summed E-state index contributed by atoms with van der Waals surface area (Å²) in [6.45, 7) is 0.595. The Bertz CT molecular complexity index is 955. The van der Waals surface area contributed by atoms with E-state index >= 15 is 0 Å². The summed E-state index contributed by atoms with van der Waals surface area (Å²) < 4.78 is 23.8. The minimum atomic E-state index is -0.371. The van der Waals surface area contributed by atoms with Crippen LogP contribution in [0.15, 0.2) is 53.1 Å². The molecule has 1 atom stereocenters. The summed E-state index contributed by atoms with van der Waals surface area (Å²) in [4.78, 5) is 19.0. The first-order chi connectivity index (χ1) is 13.2. The second kappa shape index (κ2) is 7.19. The van der Waals surface area contributed by atoms with Crippen molar-refractivity contribution in [2.75, 3.05) is 13.7 Å².